The van der Waals surface area contributed by atoms with Gasteiger partial charge in [0.25, 0.3) is 0 Å². The van der Waals surface area contributed by atoms with Crippen LogP contribution in [-0.4, -0.2) is 20.5 Å². The average molecular weight is 455 g/mol. The van der Waals surface area contributed by atoms with Gasteiger partial charge in [0.05, 0.1) is 17.0 Å². The Bertz CT molecular complexity index is 1320. The van der Waals surface area contributed by atoms with E-state index in [4.69, 9.17) is 30.9 Å². The first-order chi connectivity index (χ1) is 14.8. The maximum absolute atomic E-state index is 11.6. The summed E-state index contributed by atoms with van der Waals surface area (Å²) in [4.78, 5) is 4.74. The molecule has 6 nitrogen and oxygen atoms in total. The Morgan fingerprint density at radius 2 is 1.68 bits per heavy atom. The highest BCUT2D eigenvalue weighted by Crippen LogP contribution is 2.37. The third-order valence-electron chi connectivity index (χ3n) is 4.74. The second-order valence-electron chi connectivity index (χ2n) is 6.87. The number of halogens is 1. The lowest BCUT2D eigenvalue weighted by Gasteiger charge is -2.06. The van der Waals surface area contributed by atoms with Gasteiger partial charge in [-0.2, -0.15) is 0 Å². The molecule has 0 atom stereocenters. The molecule has 8 heteroatoms. The van der Waals surface area contributed by atoms with Crippen molar-refractivity contribution in [3.8, 4) is 28.3 Å². The minimum absolute atomic E-state index is 0.0231. The molecule has 4 rings (SSSR count). The molecule has 0 unspecified atom stereocenters. The number of rotatable bonds is 6. The molecule has 31 heavy (non-hydrogen) atoms. The Morgan fingerprint density at radius 1 is 1.00 bits per heavy atom. The van der Waals surface area contributed by atoms with Gasteiger partial charge in [0.1, 0.15) is 11.4 Å². The number of sulfonamides is 1. The van der Waals surface area contributed by atoms with E-state index in [0.29, 0.717) is 40.1 Å². The number of oxazole rings is 1. The van der Waals surface area contributed by atoms with Crippen LogP contribution in [0.1, 0.15) is 11.5 Å². The molecule has 0 fully saturated rings. The summed E-state index contributed by atoms with van der Waals surface area (Å²) in [6.07, 6.45) is 0.508. The van der Waals surface area contributed by atoms with Crippen molar-refractivity contribution in [3.05, 3.63) is 89.3 Å². The number of hydrogen-bond donors (Lipinski definition) is 1. The second-order valence-corrected chi connectivity index (χ2v) is 8.84. The standard InChI is InChI=1S/C23H19ClN2O4S/c1-29-20-14-17(9-12-19(20)24)22-23(16-7-10-18(11-8-16)31(25,27)28)30-21(26-22)13-15-5-3-2-4-6-15/h2-12,14H,13H2,1H3,(H2,25,27,28). The number of nitrogens with two attached hydrogens (primary N) is 1. The summed E-state index contributed by atoms with van der Waals surface area (Å²) in [5, 5.41) is 5.70. The van der Waals surface area contributed by atoms with Gasteiger partial charge in [-0.3, -0.25) is 0 Å². The van der Waals surface area contributed by atoms with Crippen LogP contribution in [0, 0.1) is 0 Å². The molecule has 0 radical (unpaired) electrons. The lowest BCUT2D eigenvalue weighted by molar-refractivity contribution is 0.415. The van der Waals surface area contributed by atoms with Gasteiger partial charge in [-0.05, 0) is 42.0 Å². The van der Waals surface area contributed by atoms with Crippen molar-refractivity contribution in [2.75, 3.05) is 7.11 Å². The number of primary sulfonamides is 1. The van der Waals surface area contributed by atoms with Crippen LogP contribution in [0.2, 0.25) is 5.02 Å². The zero-order valence-electron chi connectivity index (χ0n) is 16.6. The predicted molar refractivity (Wildman–Crippen MR) is 120 cm³/mol. The molecule has 2 N–H and O–H groups in total. The highest BCUT2D eigenvalue weighted by atomic mass is 35.5. The fourth-order valence-electron chi connectivity index (χ4n) is 3.20. The van der Waals surface area contributed by atoms with Crippen LogP contribution >= 0.6 is 11.6 Å². The second kappa shape index (κ2) is 8.55. The van der Waals surface area contributed by atoms with Gasteiger partial charge in [-0.15, -0.1) is 0 Å². The SMILES string of the molecule is COc1cc(-c2nc(Cc3ccccc3)oc2-c2ccc(S(N)(=O)=O)cc2)ccc1Cl. The molecule has 0 aliphatic carbocycles. The van der Waals surface area contributed by atoms with Crippen LogP contribution in [0.15, 0.2) is 82.1 Å². The normalized spacial score (nSPS) is 11.5. The number of benzene rings is 3. The van der Waals surface area contributed by atoms with Crippen LogP contribution in [-0.2, 0) is 16.4 Å². The molecule has 0 saturated carbocycles. The highest BCUT2D eigenvalue weighted by Gasteiger charge is 2.19. The van der Waals surface area contributed by atoms with Crippen LogP contribution in [0.5, 0.6) is 5.75 Å². The summed E-state index contributed by atoms with van der Waals surface area (Å²) < 4.78 is 34.6. The first-order valence-electron chi connectivity index (χ1n) is 9.36. The zero-order valence-corrected chi connectivity index (χ0v) is 18.2. The van der Waals surface area contributed by atoms with Crippen molar-refractivity contribution >= 4 is 21.6 Å². The van der Waals surface area contributed by atoms with E-state index in [9.17, 15) is 8.42 Å². The molecule has 0 spiro atoms. The van der Waals surface area contributed by atoms with Crippen molar-refractivity contribution < 1.29 is 17.6 Å². The third kappa shape index (κ3) is 4.64. The molecule has 158 valence electrons. The summed E-state index contributed by atoms with van der Waals surface area (Å²) >= 11 is 6.18. The summed E-state index contributed by atoms with van der Waals surface area (Å²) in [6, 6.07) is 21.4. The van der Waals surface area contributed by atoms with Crippen molar-refractivity contribution in [3.63, 3.8) is 0 Å². The number of nitrogens with zero attached hydrogens (tertiary/aromatic N) is 1. The maximum Gasteiger partial charge on any atom is 0.238 e. The molecular weight excluding hydrogens is 436 g/mol. The van der Waals surface area contributed by atoms with E-state index in [0.717, 1.165) is 11.1 Å². The highest BCUT2D eigenvalue weighted by molar-refractivity contribution is 7.89. The van der Waals surface area contributed by atoms with E-state index < -0.39 is 10.0 Å². The van der Waals surface area contributed by atoms with E-state index in [1.165, 1.54) is 12.1 Å². The average Bonchev–Trinajstić information content (AvgIpc) is 3.18. The van der Waals surface area contributed by atoms with Gasteiger partial charge in [-0.25, -0.2) is 18.5 Å². The van der Waals surface area contributed by atoms with Gasteiger partial charge in [0, 0.05) is 17.5 Å². The van der Waals surface area contributed by atoms with Gasteiger partial charge in [0.15, 0.2) is 11.7 Å². The van der Waals surface area contributed by atoms with Gasteiger partial charge < -0.3 is 9.15 Å². The lowest BCUT2D eigenvalue weighted by atomic mass is 10.1. The number of aromatic nitrogens is 1. The number of hydrogen-bond acceptors (Lipinski definition) is 5. The Labute approximate surface area is 185 Å². The third-order valence-corrected chi connectivity index (χ3v) is 5.98. The van der Waals surface area contributed by atoms with Gasteiger partial charge in [0.2, 0.25) is 10.0 Å². The lowest BCUT2D eigenvalue weighted by Crippen LogP contribution is -2.11. The summed E-state index contributed by atoms with van der Waals surface area (Å²) in [6.45, 7) is 0. The van der Waals surface area contributed by atoms with Crippen LogP contribution < -0.4 is 9.88 Å². The van der Waals surface area contributed by atoms with Gasteiger partial charge in [-0.1, -0.05) is 48.0 Å². The summed E-state index contributed by atoms with van der Waals surface area (Å²) in [5.41, 5.74) is 3.09. The Hall–Kier alpha value is -3.13. The molecule has 1 aromatic heterocycles. The first kappa shape index (κ1) is 21.1. The Morgan fingerprint density at radius 3 is 2.32 bits per heavy atom. The van der Waals surface area contributed by atoms with E-state index in [1.54, 1.807) is 31.4 Å². The largest absolute Gasteiger partial charge is 0.495 e. The van der Waals surface area contributed by atoms with Crippen molar-refractivity contribution in [1.82, 2.24) is 4.98 Å². The van der Waals surface area contributed by atoms with Crippen LogP contribution in [0.25, 0.3) is 22.6 Å². The molecule has 0 amide bonds. The Balaban J connectivity index is 1.82. The molecule has 0 aliphatic rings. The van der Waals surface area contributed by atoms with Crippen molar-refractivity contribution in [2.45, 2.75) is 11.3 Å². The minimum Gasteiger partial charge on any atom is -0.495 e. The van der Waals surface area contributed by atoms with Crippen LogP contribution in [0.4, 0.5) is 0 Å². The van der Waals surface area contributed by atoms with E-state index in [1.807, 2.05) is 36.4 Å². The molecule has 3 aromatic carbocycles. The van der Waals surface area contributed by atoms with Crippen molar-refractivity contribution in [2.24, 2.45) is 5.14 Å². The fraction of sp³-hybridized carbons (Fsp3) is 0.0870. The molecule has 4 aromatic rings. The molecule has 1 heterocycles. The molecule has 0 saturated heterocycles. The first-order valence-corrected chi connectivity index (χ1v) is 11.3. The minimum atomic E-state index is -3.79. The molecular formula is C23H19ClN2O4S. The quantitative estimate of drug-likeness (QED) is 0.446. The summed E-state index contributed by atoms with van der Waals surface area (Å²) in [7, 11) is -2.25. The molecule has 0 aliphatic heterocycles. The monoisotopic (exact) mass is 454 g/mol. The number of methoxy groups -OCH3 is 1. The summed E-state index contributed by atoms with van der Waals surface area (Å²) in [5.74, 6) is 1.55. The van der Waals surface area contributed by atoms with E-state index in [2.05, 4.69) is 0 Å². The predicted octanol–water partition coefficient (Wildman–Crippen LogP) is 4.91. The topological polar surface area (TPSA) is 95.4 Å². The van der Waals surface area contributed by atoms with Gasteiger partial charge >= 0.3 is 0 Å². The van der Waals surface area contributed by atoms with E-state index in [-0.39, 0.29) is 4.90 Å². The Kier molecular flexibility index (Phi) is 5.82. The zero-order chi connectivity index (χ0) is 22.0. The fourth-order valence-corrected chi connectivity index (χ4v) is 3.92. The smallest absolute Gasteiger partial charge is 0.238 e. The maximum atomic E-state index is 11.6. The number of ether oxygens (including phenoxy) is 1. The van der Waals surface area contributed by atoms with Crippen LogP contribution in [0.3, 0.4) is 0 Å². The van der Waals surface area contributed by atoms with E-state index >= 15 is 0 Å². The molecule has 0 bridgehead atoms. The van der Waals surface area contributed by atoms with Crippen molar-refractivity contribution in [1.29, 1.82) is 0 Å².